The molecule has 180 valence electrons. The average molecular weight is 575 g/mol. The van der Waals surface area contributed by atoms with Gasteiger partial charge in [0.25, 0.3) is 5.56 Å². The SMILES string of the molecule is Cl.Cl.O=C(CN1c2nc(-c3ccncc3)cc(=O)n2CCC1c1ccncc1)c1cccc(Br)c1. The topological polar surface area (TPSA) is 81.0 Å². The highest BCUT2D eigenvalue weighted by Gasteiger charge is 2.31. The number of halogens is 3. The molecule has 0 radical (unpaired) electrons. The van der Waals surface area contributed by atoms with Crippen LogP contribution < -0.4 is 10.5 Å². The lowest BCUT2D eigenvalue weighted by Crippen LogP contribution is -2.43. The third-order valence-electron chi connectivity index (χ3n) is 5.77. The predicted molar refractivity (Wildman–Crippen MR) is 144 cm³/mol. The molecule has 1 aliphatic rings. The predicted octanol–water partition coefficient (Wildman–Crippen LogP) is 5.14. The van der Waals surface area contributed by atoms with Crippen molar-refractivity contribution in [2.24, 2.45) is 0 Å². The molecule has 0 N–H and O–H groups in total. The maximum atomic E-state index is 13.3. The Labute approximate surface area is 223 Å². The van der Waals surface area contributed by atoms with Crippen LogP contribution in [0.4, 0.5) is 5.95 Å². The summed E-state index contributed by atoms with van der Waals surface area (Å²) in [4.78, 5) is 41.3. The van der Waals surface area contributed by atoms with Gasteiger partial charge in [0.05, 0.1) is 18.3 Å². The Morgan fingerprint density at radius 3 is 2.34 bits per heavy atom. The van der Waals surface area contributed by atoms with E-state index in [1.165, 1.54) is 0 Å². The highest BCUT2D eigenvalue weighted by Crippen LogP contribution is 2.34. The Balaban J connectivity index is 0.00000171. The number of aromatic nitrogens is 4. The second kappa shape index (κ2) is 11.6. The largest absolute Gasteiger partial charge is 0.327 e. The number of carbonyl (C=O) groups excluding carboxylic acids is 1. The van der Waals surface area contributed by atoms with Crippen molar-refractivity contribution in [2.45, 2.75) is 19.0 Å². The molecular weight excluding hydrogens is 553 g/mol. The molecule has 1 aromatic carbocycles. The molecular formula is C25H22BrCl2N5O2. The van der Waals surface area contributed by atoms with Crippen LogP contribution in [0.5, 0.6) is 0 Å². The maximum absolute atomic E-state index is 13.3. The first-order chi connectivity index (χ1) is 16.1. The molecule has 0 spiro atoms. The highest BCUT2D eigenvalue weighted by atomic mass is 79.9. The normalized spacial score (nSPS) is 14.3. The summed E-state index contributed by atoms with van der Waals surface area (Å²) in [6.45, 7) is 0.613. The van der Waals surface area contributed by atoms with Gasteiger partial charge in [0.15, 0.2) is 5.78 Å². The molecule has 10 heteroatoms. The minimum absolute atomic E-state index is 0. The standard InChI is InChI=1S/C25H20BrN5O2.2ClH/c26-20-3-1-2-19(14-20)23(32)16-31-22(18-6-11-28-12-7-18)8-13-30-24(33)15-21(29-25(30)31)17-4-9-27-10-5-17;;/h1-7,9-12,14-15,22H,8,13,16H2;2*1H. The van der Waals surface area contributed by atoms with Gasteiger partial charge in [-0.1, -0.05) is 28.1 Å². The molecule has 1 atom stereocenters. The maximum Gasteiger partial charge on any atom is 0.255 e. The van der Waals surface area contributed by atoms with Crippen molar-refractivity contribution in [3.63, 3.8) is 0 Å². The Kier molecular flexibility index (Phi) is 8.77. The Morgan fingerprint density at radius 2 is 1.66 bits per heavy atom. The fourth-order valence-corrected chi connectivity index (χ4v) is 4.56. The van der Waals surface area contributed by atoms with Crippen molar-refractivity contribution in [1.82, 2.24) is 19.5 Å². The Morgan fingerprint density at radius 1 is 0.971 bits per heavy atom. The van der Waals surface area contributed by atoms with E-state index in [9.17, 15) is 9.59 Å². The van der Waals surface area contributed by atoms with Crippen molar-refractivity contribution >= 4 is 52.5 Å². The first-order valence-electron chi connectivity index (χ1n) is 10.6. The molecule has 4 aromatic rings. The van der Waals surface area contributed by atoms with Crippen LogP contribution in [0.15, 0.2) is 88.7 Å². The summed E-state index contributed by atoms with van der Waals surface area (Å²) in [5.74, 6) is 0.443. The molecule has 0 amide bonds. The Hall–Kier alpha value is -3.07. The highest BCUT2D eigenvalue weighted by molar-refractivity contribution is 9.10. The smallest absolute Gasteiger partial charge is 0.255 e. The van der Waals surface area contributed by atoms with E-state index in [1.807, 2.05) is 47.4 Å². The number of anilines is 1. The van der Waals surface area contributed by atoms with Crippen molar-refractivity contribution in [1.29, 1.82) is 0 Å². The van der Waals surface area contributed by atoms with E-state index in [2.05, 4.69) is 25.9 Å². The number of benzene rings is 1. The number of Topliss-reactive ketones (excluding diaryl/α,β-unsaturated/α-hetero) is 1. The van der Waals surface area contributed by atoms with Gasteiger partial charge in [-0.25, -0.2) is 4.98 Å². The molecule has 5 rings (SSSR count). The lowest BCUT2D eigenvalue weighted by molar-refractivity contribution is 0.0994. The van der Waals surface area contributed by atoms with Gasteiger partial charge in [-0.3, -0.25) is 24.1 Å². The van der Waals surface area contributed by atoms with Crippen LogP contribution in [0, 0.1) is 0 Å². The number of rotatable bonds is 5. The minimum Gasteiger partial charge on any atom is -0.327 e. The monoisotopic (exact) mass is 573 g/mol. The molecule has 0 bridgehead atoms. The number of hydrogen-bond acceptors (Lipinski definition) is 6. The van der Waals surface area contributed by atoms with Gasteiger partial charge >= 0.3 is 0 Å². The molecule has 1 unspecified atom stereocenters. The molecule has 4 heterocycles. The lowest BCUT2D eigenvalue weighted by Gasteiger charge is -2.38. The fraction of sp³-hybridized carbons (Fsp3) is 0.160. The van der Waals surface area contributed by atoms with Gasteiger partial charge in [0, 0.05) is 53.0 Å². The van der Waals surface area contributed by atoms with E-state index in [1.54, 1.807) is 41.5 Å². The van der Waals surface area contributed by atoms with E-state index in [4.69, 9.17) is 4.98 Å². The number of fused-ring (bicyclic) bond motifs is 1. The molecule has 0 aliphatic carbocycles. The third kappa shape index (κ3) is 5.61. The van der Waals surface area contributed by atoms with Crippen molar-refractivity contribution in [3.05, 3.63) is 105 Å². The quantitative estimate of drug-likeness (QED) is 0.307. The fourth-order valence-electron chi connectivity index (χ4n) is 4.16. The first kappa shape index (κ1) is 26.5. The summed E-state index contributed by atoms with van der Waals surface area (Å²) in [5.41, 5.74) is 2.85. The second-order valence-electron chi connectivity index (χ2n) is 7.81. The molecule has 0 saturated heterocycles. The van der Waals surface area contributed by atoms with E-state index in [-0.39, 0.29) is 48.7 Å². The summed E-state index contributed by atoms with van der Waals surface area (Å²) in [6.07, 6.45) is 7.50. The van der Waals surface area contributed by atoms with Crippen LogP contribution in [0.3, 0.4) is 0 Å². The van der Waals surface area contributed by atoms with Crippen molar-refractivity contribution in [2.75, 3.05) is 11.4 Å². The van der Waals surface area contributed by atoms with Gasteiger partial charge in [-0.2, -0.15) is 0 Å². The van der Waals surface area contributed by atoms with E-state index < -0.39 is 0 Å². The number of carbonyl (C=O) groups is 1. The summed E-state index contributed by atoms with van der Waals surface area (Å²) < 4.78 is 2.49. The van der Waals surface area contributed by atoms with Gasteiger partial charge in [0.2, 0.25) is 5.95 Å². The summed E-state index contributed by atoms with van der Waals surface area (Å²) >= 11 is 3.44. The average Bonchev–Trinajstić information content (AvgIpc) is 2.85. The minimum atomic E-state index is -0.139. The molecule has 35 heavy (non-hydrogen) atoms. The zero-order chi connectivity index (χ0) is 22.8. The van der Waals surface area contributed by atoms with E-state index >= 15 is 0 Å². The van der Waals surface area contributed by atoms with Gasteiger partial charge < -0.3 is 4.90 Å². The van der Waals surface area contributed by atoms with Crippen LogP contribution in [-0.4, -0.2) is 31.8 Å². The molecule has 1 aliphatic heterocycles. The molecule has 3 aromatic heterocycles. The molecule has 7 nitrogen and oxygen atoms in total. The third-order valence-corrected chi connectivity index (χ3v) is 6.27. The molecule has 0 fully saturated rings. The van der Waals surface area contributed by atoms with Crippen LogP contribution in [0.25, 0.3) is 11.3 Å². The van der Waals surface area contributed by atoms with Gasteiger partial charge in [-0.15, -0.1) is 24.8 Å². The van der Waals surface area contributed by atoms with Crippen LogP contribution >= 0.6 is 40.7 Å². The van der Waals surface area contributed by atoms with Gasteiger partial charge in [-0.05, 0) is 48.4 Å². The van der Waals surface area contributed by atoms with Gasteiger partial charge in [0.1, 0.15) is 0 Å². The van der Waals surface area contributed by atoms with Crippen LogP contribution in [0.2, 0.25) is 0 Å². The summed E-state index contributed by atoms with van der Waals surface area (Å²) in [7, 11) is 0. The van der Waals surface area contributed by atoms with Crippen molar-refractivity contribution in [3.8, 4) is 11.3 Å². The lowest BCUT2D eigenvalue weighted by atomic mass is 10.00. The zero-order valence-corrected chi connectivity index (χ0v) is 21.7. The number of hydrogen-bond donors (Lipinski definition) is 0. The summed E-state index contributed by atoms with van der Waals surface area (Å²) in [5, 5.41) is 0. The summed E-state index contributed by atoms with van der Waals surface area (Å²) in [6, 6.07) is 16.3. The second-order valence-corrected chi connectivity index (χ2v) is 8.73. The number of ketones is 1. The van der Waals surface area contributed by atoms with E-state index in [0.717, 1.165) is 15.6 Å². The first-order valence-corrected chi connectivity index (χ1v) is 11.4. The molecule has 0 saturated carbocycles. The van der Waals surface area contributed by atoms with E-state index in [0.29, 0.717) is 30.2 Å². The van der Waals surface area contributed by atoms with Crippen LogP contribution in [-0.2, 0) is 6.54 Å². The number of nitrogens with zero attached hydrogens (tertiary/aromatic N) is 5. The van der Waals surface area contributed by atoms with Crippen LogP contribution in [0.1, 0.15) is 28.4 Å². The van der Waals surface area contributed by atoms with Crippen molar-refractivity contribution < 1.29 is 4.79 Å². The Bertz CT molecular complexity index is 1370. The zero-order valence-electron chi connectivity index (χ0n) is 18.5. The number of pyridine rings is 2.